The summed E-state index contributed by atoms with van der Waals surface area (Å²) in [6.07, 6.45) is 2.58. The van der Waals surface area contributed by atoms with Crippen molar-refractivity contribution in [2.24, 2.45) is 5.92 Å². The summed E-state index contributed by atoms with van der Waals surface area (Å²) in [6, 6.07) is 6.55. The van der Waals surface area contributed by atoms with Crippen LogP contribution < -0.4 is 5.32 Å². The van der Waals surface area contributed by atoms with Crippen LogP contribution >= 0.6 is 0 Å². The molecule has 1 aromatic rings. The van der Waals surface area contributed by atoms with Crippen molar-refractivity contribution in [3.8, 4) is 0 Å². The first-order valence-electron chi connectivity index (χ1n) is 7.36. The summed E-state index contributed by atoms with van der Waals surface area (Å²) in [5.74, 6) is 0.483. The van der Waals surface area contributed by atoms with E-state index in [1.165, 1.54) is 12.1 Å². The Labute approximate surface area is 119 Å². The lowest BCUT2D eigenvalue weighted by molar-refractivity contribution is -0.131. The van der Waals surface area contributed by atoms with Crippen molar-refractivity contribution in [3.63, 3.8) is 0 Å². The average molecular weight is 276 g/mol. The molecule has 4 heteroatoms. The van der Waals surface area contributed by atoms with Crippen molar-refractivity contribution in [2.75, 3.05) is 6.54 Å². The van der Waals surface area contributed by atoms with Gasteiger partial charge in [0.2, 0.25) is 5.91 Å². The molecule has 1 atom stereocenters. The monoisotopic (exact) mass is 276 g/mol. The SMILES string of the molecule is CC(C)CCN1C(=O)C2(CC2)NC1c1cccc(F)c1. The smallest absolute Gasteiger partial charge is 0.244 e. The predicted octanol–water partition coefficient (Wildman–Crippen LogP) is 2.83. The van der Waals surface area contributed by atoms with E-state index < -0.39 is 0 Å². The van der Waals surface area contributed by atoms with E-state index in [2.05, 4.69) is 19.2 Å². The van der Waals surface area contributed by atoms with Gasteiger partial charge in [0.15, 0.2) is 0 Å². The molecular formula is C16H21FN2O. The molecule has 20 heavy (non-hydrogen) atoms. The van der Waals surface area contributed by atoms with E-state index in [-0.39, 0.29) is 23.4 Å². The summed E-state index contributed by atoms with van der Waals surface area (Å²) in [4.78, 5) is 14.4. The zero-order valence-corrected chi connectivity index (χ0v) is 12.0. The first-order chi connectivity index (χ1) is 9.52. The highest BCUT2D eigenvalue weighted by Gasteiger charge is 2.59. The first kappa shape index (κ1) is 13.6. The lowest BCUT2D eigenvalue weighted by Gasteiger charge is -2.25. The van der Waals surface area contributed by atoms with Crippen LogP contribution in [0, 0.1) is 11.7 Å². The number of halogens is 1. The molecule has 108 valence electrons. The van der Waals surface area contributed by atoms with E-state index in [1.807, 2.05) is 11.0 Å². The normalized spacial score (nSPS) is 23.9. The number of amides is 1. The van der Waals surface area contributed by atoms with Crippen molar-refractivity contribution in [2.45, 2.75) is 44.8 Å². The van der Waals surface area contributed by atoms with Crippen molar-refractivity contribution >= 4 is 5.91 Å². The van der Waals surface area contributed by atoms with Gasteiger partial charge in [-0.15, -0.1) is 0 Å². The van der Waals surface area contributed by atoms with Crippen LogP contribution in [0.3, 0.4) is 0 Å². The standard InChI is InChI=1S/C16H21FN2O/c1-11(2)6-9-19-14(12-4-3-5-13(17)10-12)18-16(7-8-16)15(19)20/h3-5,10-11,14,18H,6-9H2,1-2H3. The Hall–Kier alpha value is -1.42. The maximum Gasteiger partial charge on any atom is 0.244 e. The molecule has 1 spiro atoms. The number of nitrogens with one attached hydrogen (secondary N) is 1. The minimum absolute atomic E-state index is 0.181. The molecule has 0 bridgehead atoms. The molecule has 0 aromatic heterocycles. The van der Waals surface area contributed by atoms with Gasteiger partial charge in [-0.2, -0.15) is 0 Å². The molecule has 1 aliphatic carbocycles. The highest BCUT2D eigenvalue weighted by molar-refractivity contribution is 5.92. The lowest BCUT2D eigenvalue weighted by atomic mass is 10.1. The van der Waals surface area contributed by atoms with Crippen LogP contribution in [-0.2, 0) is 4.79 Å². The van der Waals surface area contributed by atoms with Crippen LogP contribution in [0.15, 0.2) is 24.3 Å². The highest BCUT2D eigenvalue weighted by atomic mass is 19.1. The number of hydrogen-bond donors (Lipinski definition) is 1. The Morgan fingerprint density at radius 2 is 2.20 bits per heavy atom. The van der Waals surface area contributed by atoms with E-state index >= 15 is 0 Å². The van der Waals surface area contributed by atoms with Gasteiger partial charge in [-0.05, 0) is 42.9 Å². The van der Waals surface area contributed by atoms with Gasteiger partial charge in [0.05, 0.1) is 0 Å². The van der Waals surface area contributed by atoms with Gasteiger partial charge in [-0.1, -0.05) is 26.0 Å². The van der Waals surface area contributed by atoms with E-state index in [0.29, 0.717) is 5.92 Å². The summed E-state index contributed by atoms with van der Waals surface area (Å²) in [6.45, 7) is 5.03. The molecule has 2 fully saturated rings. The average Bonchev–Trinajstić information content (AvgIpc) is 3.12. The Morgan fingerprint density at radius 3 is 2.80 bits per heavy atom. The number of carbonyl (C=O) groups is 1. The number of hydrogen-bond acceptors (Lipinski definition) is 2. The molecule has 3 rings (SSSR count). The van der Waals surface area contributed by atoms with E-state index in [4.69, 9.17) is 0 Å². The van der Waals surface area contributed by atoms with E-state index in [1.54, 1.807) is 6.07 Å². The van der Waals surface area contributed by atoms with Gasteiger partial charge in [0.1, 0.15) is 17.5 Å². The van der Waals surface area contributed by atoms with Gasteiger partial charge in [0, 0.05) is 6.54 Å². The second-order valence-corrected chi connectivity index (χ2v) is 6.37. The molecule has 2 aliphatic rings. The summed E-state index contributed by atoms with van der Waals surface area (Å²) in [5.41, 5.74) is 0.486. The van der Waals surface area contributed by atoms with Gasteiger partial charge in [-0.3, -0.25) is 10.1 Å². The number of rotatable bonds is 4. The molecule has 1 unspecified atom stereocenters. The second-order valence-electron chi connectivity index (χ2n) is 6.37. The van der Waals surface area contributed by atoms with Gasteiger partial charge in [-0.25, -0.2) is 4.39 Å². The fourth-order valence-corrected chi connectivity index (χ4v) is 2.84. The summed E-state index contributed by atoms with van der Waals surface area (Å²) >= 11 is 0. The van der Waals surface area contributed by atoms with E-state index in [9.17, 15) is 9.18 Å². The topological polar surface area (TPSA) is 32.3 Å². The third kappa shape index (κ3) is 2.33. The molecule has 1 amide bonds. The maximum absolute atomic E-state index is 13.4. The van der Waals surface area contributed by atoms with Crippen LogP contribution in [0.2, 0.25) is 0 Å². The van der Waals surface area contributed by atoms with Crippen LogP contribution in [0.4, 0.5) is 4.39 Å². The minimum Gasteiger partial charge on any atom is -0.321 e. The Kier molecular flexibility index (Phi) is 3.28. The molecular weight excluding hydrogens is 255 g/mol. The number of carbonyl (C=O) groups excluding carboxylic acids is 1. The fraction of sp³-hybridized carbons (Fsp3) is 0.562. The maximum atomic E-state index is 13.4. The van der Waals surface area contributed by atoms with Crippen molar-refractivity contribution in [3.05, 3.63) is 35.6 Å². The van der Waals surface area contributed by atoms with Gasteiger partial charge in [0.25, 0.3) is 0 Å². The highest BCUT2D eigenvalue weighted by Crippen LogP contribution is 2.46. The zero-order valence-electron chi connectivity index (χ0n) is 12.0. The Balaban J connectivity index is 1.85. The fourth-order valence-electron chi connectivity index (χ4n) is 2.84. The lowest BCUT2D eigenvalue weighted by Crippen LogP contribution is -2.33. The molecule has 0 radical (unpaired) electrons. The zero-order chi connectivity index (χ0) is 14.3. The summed E-state index contributed by atoms with van der Waals surface area (Å²) in [5, 5.41) is 3.42. The minimum atomic E-state index is -0.353. The Bertz CT molecular complexity index is 525. The second kappa shape index (κ2) is 4.85. The first-order valence-corrected chi connectivity index (χ1v) is 7.36. The van der Waals surface area contributed by atoms with Crippen molar-refractivity contribution in [1.82, 2.24) is 10.2 Å². The molecule has 1 heterocycles. The third-order valence-corrected chi connectivity index (χ3v) is 4.26. The van der Waals surface area contributed by atoms with Crippen molar-refractivity contribution < 1.29 is 9.18 Å². The number of nitrogens with zero attached hydrogens (tertiary/aromatic N) is 1. The molecule has 1 saturated heterocycles. The van der Waals surface area contributed by atoms with E-state index in [0.717, 1.165) is 31.4 Å². The predicted molar refractivity (Wildman–Crippen MR) is 75.4 cm³/mol. The summed E-state index contributed by atoms with van der Waals surface area (Å²) in [7, 11) is 0. The van der Waals surface area contributed by atoms with Crippen molar-refractivity contribution in [1.29, 1.82) is 0 Å². The third-order valence-electron chi connectivity index (χ3n) is 4.26. The largest absolute Gasteiger partial charge is 0.321 e. The quantitative estimate of drug-likeness (QED) is 0.917. The molecule has 1 saturated carbocycles. The molecule has 1 aromatic carbocycles. The van der Waals surface area contributed by atoms with Crippen LogP contribution in [0.25, 0.3) is 0 Å². The molecule has 1 aliphatic heterocycles. The number of benzene rings is 1. The van der Waals surface area contributed by atoms with Gasteiger partial charge >= 0.3 is 0 Å². The van der Waals surface area contributed by atoms with Crippen LogP contribution in [-0.4, -0.2) is 22.9 Å². The Morgan fingerprint density at radius 1 is 1.45 bits per heavy atom. The van der Waals surface area contributed by atoms with Crippen LogP contribution in [0.5, 0.6) is 0 Å². The molecule has 3 nitrogen and oxygen atoms in total. The van der Waals surface area contributed by atoms with Crippen LogP contribution in [0.1, 0.15) is 44.8 Å². The summed E-state index contributed by atoms with van der Waals surface area (Å²) < 4.78 is 13.4. The molecule has 1 N–H and O–H groups in total. The van der Waals surface area contributed by atoms with Gasteiger partial charge < -0.3 is 4.90 Å².